The van der Waals surface area contributed by atoms with Gasteiger partial charge in [0, 0.05) is 0 Å². The zero-order chi connectivity index (χ0) is 12.4. The van der Waals surface area contributed by atoms with Crippen LogP contribution in [0.15, 0.2) is 21.9 Å². The van der Waals surface area contributed by atoms with E-state index in [-0.39, 0.29) is 17.1 Å². The first kappa shape index (κ1) is 11.7. The van der Waals surface area contributed by atoms with E-state index in [1.165, 1.54) is 16.7 Å². The third-order valence-electron chi connectivity index (χ3n) is 2.15. The van der Waals surface area contributed by atoms with Crippen LogP contribution in [0, 0.1) is 18.2 Å². The van der Waals surface area contributed by atoms with Gasteiger partial charge in [-0.3, -0.25) is 9.36 Å². The molecule has 0 amide bonds. The maximum atomic E-state index is 13.5. The number of hydrogen-bond donors (Lipinski definition) is 0. The number of nitrogens with zero attached hydrogens (tertiary/aromatic N) is 2. The number of hydrogen-bond acceptors (Lipinski definition) is 4. The van der Waals surface area contributed by atoms with Crippen molar-refractivity contribution in [2.75, 3.05) is 0 Å². The highest BCUT2D eigenvalue weighted by Crippen LogP contribution is 2.26. The number of thiocarbonyl (C=S) groups is 1. The molecule has 2 aromatic rings. The molecule has 0 bridgehead atoms. The van der Waals surface area contributed by atoms with Gasteiger partial charge in [0.15, 0.2) is 5.82 Å². The number of aromatic nitrogens is 1. The van der Waals surface area contributed by atoms with Crippen molar-refractivity contribution in [1.82, 2.24) is 4.57 Å². The molecule has 0 unspecified atom stereocenters. The molecule has 0 N–H and O–H groups in total. The van der Waals surface area contributed by atoms with Gasteiger partial charge in [0.2, 0.25) is 0 Å². The zero-order valence-corrected chi connectivity index (χ0v) is 10.1. The van der Waals surface area contributed by atoms with Gasteiger partial charge in [0.1, 0.15) is 5.69 Å². The Hall–Kier alpha value is -1.80. The molecule has 0 saturated carbocycles. The lowest BCUT2D eigenvalue weighted by Gasteiger charge is -1.99. The summed E-state index contributed by atoms with van der Waals surface area (Å²) >= 11 is 5.37. The monoisotopic (exact) mass is 264 g/mol. The van der Waals surface area contributed by atoms with Crippen LogP contribution in [-0.2, 0) is 6.54 Å². The van der Waals surface area contributed by atoms with Gasteiger partial charge in [-0.1, -0.05) is 17.3 Å². The first-order chi connectivity index (χ1) is 8.17. The Balaban J connectivity index is 2.82. The van der Waals surface area contributed by atoms with Crippen molar-refractivity contribution in [3.05, 3.63) is 27.6 Å². The number of terminal acetylenes is 1. The van der Waals surface area contributed by atoms with Gasteiger partial charge in [-0.2, -0.15) is 4.99 Å². The first-order valence-electron chi connectivity index (χ1n) is 4.51. The SMILES string of the molecule is C#CCn1c(=O)sc2cc(F)c(N=C=S)cc21. The normalized spacial score (nSPS) is 9.88. The van der Waals surface area contributed by atoms with Crippen molar-refractivity contribution in [2.24, 2.45) is 4.99 Å². The summed E-state index contributed by atoms with van der Waals surface area (Å²) in [5, 5.41) is 2.09. The average molecular weight is 264 g/mol. The molecule has 0 aliphatic heterocycles. The Morgan fingerprint density at radius 1 is 1.59 bits per heavy atom. The van der Waals surface area contributed by atoms with Crippen molar-refractivity contribution in [3.63, 3.8) is 0 Å². The van der Waals surface area contributed by atoms with Gasteiger partial charge >= 0.3 is 4.87 Å². The van der Waals surface area contributed by atoms with Crippen molar-refractivity contribution < 1.29 is 4.39 Å². The molecule has 6 heteroatoms. The van der Waals surface area contributed by atoms with Crippen LogP contribution in [0.25, 0.3) is 10.2 Å². The number of fused-ring (bicyclic) bond motifs is 1. The lowest BCUT2D eigenvalue weighted by Crippen LogP contribution is -2.11. The summed E-state index contributed by atoms with van der Waals surface area (Å²) in [4.78, 5) is 15.0. The van der Waals surface area contributed by atoms with Gasteiger partial charge in [-0.25, -0.2) is 4.39 Å². The second-order valence-electron chi connectivity index (χ2n) is 3.13. The molecule has 1 aromatic carbocycles. The molecular formula is C11H5FN2OS2. The van der Waals surface area contributed by atoms with Crippen molar-refractivity contribution in [1.29, 1.82) is 0 Å². The van der Waals surface area contributed by atoms with Crippen LogP contribution < -0.4 is 4.87 Å². The molecule has 1 heterocycles. The third-order valence-corrected chi connectivity index (χ3v) is 3.19. The van der Waals surface area contributed by atoms with E-state index in [9.17, 15) is 9.18 Å². The molecule has 0 spiro atoms. The van der Waals surface area contributed by atoms with E-state index in [0.717, 1.165) is 11.3 Å². The van der Waals surface area contributed by atoms with E-state index in [2.05, 4.69) is 28.3 Å². The van der Waals surface area contributed by atoms with Crippen LogP contribution in [0.4, 0.5) is 10.1 Å². The summed E-state index contributed by atoms with van der Waals surface area (Å²) in [5.41, 5.74) is 0.611. The summed E-state index contributed by atoms with van der Waals surface area (Å²) in [6, 6.07) is 2.69. The summed E-state index contributed by atoms with van der Waals surface area (Å²) in [6.07, 6.45) is 5.17. The number of benzene rings is 1. The lowest BCUT2D eigenvalue weighted by atomic mass is 10.3. The Kier molecular flexibility index (Phi) is 3.16. The molecule has 1 aromatic heterocycles. The van der Waals surface area contributed by atoms with Gasteiger partial charge in [0.25, 0.3) is 0 Å². The highest BCUT2D eigenvalue weighted by atomic mass is 32.1. The highest BCUT2D eigenvalue weighted by Gasteiger charge is 2.11. The first-order valence-corrected chi connectivity index (χ1v) is 5.74. The summed E-state index contributed by atoms with van der Waals surface area (Å²) in [7, 11) is 0. The van der Waals surface area contributed by atoms with Gasteiger partial charge < -0.3 is 0 Å². The number of isothiocyanates is 1. The quantitative estimate of drug-likeness (QED) is 0.474. The Morgan fingerprint density at radius 2 is 2.35 bits per heavy atom. The van der Waals surface area contributed by atoms with Crippen molar-refractivity contribution in [3.8, 4) is 12.3 Å². The van der Waals surface area contributed by atoms with Crippen LogP contribution in [-0.4, -0.2) is 9.73 Å². The van der Waals surface area contributed by atoms with Crippen molar-refractivity contribution in [2.45, 2.75) is 6.54 Å². The van der Waals surface area contributed by atoms with E-state index in [0.29, 0.717) is 10.2 Å². The van der Waals surface area contributed by atoms with Crippen LogP contribution in [0.5, 0.6) is 0 Å². The largest absolute Gasteiger partial charge is 0.309 e. The minimum Gasteiger partial charge on any atom is -0.287 e. The van der Waals surface area contributed by atoms with E-state index >= 15 is 0 Å². The summed E-state index contributed by atoms with van der Waals surface area (Å²) in [5.74, 6) is 1.84. The van der Waals surface area contributed by atoms with Gasteiger partial charge in [-0.05, 0) is 24.4 Å². The molecule has 0 aliphatic carbocycles. The van der Waals surface area contributed by atoms with Crippen LogP contribution in [0.2, 0.25) is 0 Å². The number of aliphatic imine (C=N–C) groups is 1. The Bertz CT molecular complexity index is 732. The standard InChI is InChI=1S/C11H5FN2OS2/c1-2-3-14-9-5-8(13-6-16)7(12)4-10(9)17-11(14)15/h1,4-5H,3H2. The summed E-state index contributed by atoms with van der Waals surface area (Å²) in [6.45, 7) is 0.144. The molecule has 0 atom stereocenters. The summed E-state index contributed by atoms with van der Waals surface area (Å²) < 4.78 is 15.4. The number of halogens is 1. The second kappa shape index (κ2) is 4.60. The molecule has 17 heavy (non-hydrogen) atoms. The second-order valence-corrected chi connectivity index (χ2v) is 4.31. The topological polar surface area (TPSA) is 34.4 Å². The fourth-order valence-corrected chi connectivity index (χ4v) is 2.44. The molecule has 0 radical (unpaired) electrons. The Labute approximate surface area is 105 Å². The lowest BCUT2D eigenvalue weighted by molar-refractivity contribution is 0.632. The smallest absolute Gasteiger partial charge is 0.287 e. The zero-order valence-electron chi connectivity index (χ0n) is 8.44. The van der Waals surface area contributed by atoms with E-state index in [4.69, 9.17) is 6.42 Å². The average Bonchev–Trinajstić information content (AvgIpc) is 2.57. The molecular weight excluding hydrogens is 259 g/mol. The number of rotatable bonds is 2. The molecule has 0 saturated heterocycles. The van der Waals surface area contributed by atoms with Crippen LogP contribution in [0.3, 0.4) is 0 Å². The van der Waals surface area contributed by atoms with Crippen LogP contribution >= 0.6 is 23.6 Å². The molecule has 84 valence electrons. The highest BCUT2D eigenvalue weighted by molar-refractivity contribution is 7.78. The predicted molar refractivity (Wildman–Crippen MR) is 69.6 cm³/mol. The van der Waals surface area contributed by atoms with E-state index in [1.807, 2.05) is 0 Å². The van der Waals surface area contributed by atoms with E-state index < -0.39 is 5.82 Å². The fraction of sp³-hybridized carbons (Fsp3) is 0.0909. The predicted octanol–water partition coefficient (Wildman–Crippen LogP) is 2.57. The fourth-order valence-electron chi connectivity index (χ4n) is 1.45. The maximum absolute atomic E-state index is 13.5. The molecule has 2 rings (SSSR count). The molecule has 3 nitrogen and oxygen atoms in total. The van der Waals surface area contributed by atoms with Crippen molar-refractivity contribution >= 4 is 44.6 Å². The minimum absolute atomic E-state index is 0.0519. The van der Waals surface area contributed by atoms with Crippen LogP contribution in [0.1, 0.15) is 0 Å². The van der Waals surface area contributed by atoms with Gasteiger partial charge in [-0.15, -0.1) is 6.42 Å². The molecule has 0 fully saturated rings. The van der Waals surface area contributed by atoms with E-state index in [1.54, 1.807) is 0 Å². The number of thiazole rings is 1. The van der Waals surface area contributed by atoms with Gasteiger partial charge in [0.05, 0.1) is 21.9 Å². The molecule has 0 aliphatic rings. The third kappa shape index (κ3) is 2.04. The maximum Gasteiger partial charge on any atom is 0.309 e. The minimum atomic E-state index is -0.538. The Morgan fingerprint density at radius 3 is 3.00 bits per heavy atom.